The first kappa shape index (κ1) is 13.6. The maximum absolute atomic E-state index is 11.1. The van der Waals surface area contributed by atoms with Crippen molar-refractivity contribution in [1.29, 1.82) is 0 Å². The molecule has 1 N–H and O–H groups in total. The highest BCUT2D eigenvalue weighted by Crippen LogP contribution is 2.34. The first-order valence-corrected chi connectivity index (χ1v) is 5.92. The van der Waals surface area contributed by atoms with Gasteiger partial charge in [-0.2, -0.15) is 0 Å². The van der Waals surface area contributed by atoms with Gasteiger partial charge in [-0.05, 0) is 47.8 Å². The predicted molar refractivity (Wildman–Crippen MR) is 63.5 cm³/mol. The number of nitrogens with one attached hydrogen (secondary N) is 1. The first-order valence-electron chi connectivity index (χ1n) is 3.54. The lowest BCUT2D eigenvalue weighted by Gasteiger charge is -2.11. The second-order valence-corrected chi connectivity index (χ2v) is 8.89. The number of hydrogen-bond acceptors (Lipinski definition) is 3. The minimum atomic E-state index is -0.967. The second kappa shape index (κ2) is 6.98. The largest absolute Gasteiger partial charge is 0.462 e. The van der Waals surface area contributed by atoms with Crippen LogP contribution in [0.2, 0.25) is 0 Å². The van der Waals surface area contributed by atoms with Gasteiger partial charge in [-0.15, -0.1) is 6.58 Å². The topological polar surface area (TPSA) is 38.3 Å². The molecule has 0 fully saturated rings. The minimum absolute atomic E-state index is 0.331. The van der Waals surface area contributed by atoms with Crippen LogP contribution >= 0.6 is 47.8 Å². The molecule has 0 unspecified atom stereocenters. The van der Waals surface area contributed by atoms with Gasteiger partial charge in [0.15, 0.2) is 0 Å². The van der Waals surface area contributed by atoms with E-state index in [1.165, 1.54) is 0 Å². The summed E-state index contributed by atoms with van der Waals surface area (Å²) in [4.78, 5) is 11.1. The number of halogens is 3. The second-order valence-electron chi connectivity index (χ2n) is 2.13. The van der Waals surface area contributed by atoms with E-state index in [1.807, 2.05) is 0 Å². The highest BCUT2D eigenvalue weighted by Gasteiger charge is 2.30. The molecule has 0 radical (unpaired) electrons. The Hall–Kier alpha value is 0.610. The number of rotatable bonds is 5. The van der Waals surface area contributed by atoms with E-state index in [9.17, 15) is 4.79 Å². The summed E-state index contributed by atoms with van der Waals surface area (Å²) >= 11 is 9.15. The van der Waals surface area contributed by atoms with Crippen LogP contribution in [0.4, 0.5) is 0 Å². The zero-order valence-electron chi connectivity index (χ0n) is 6.86. The molecule has 0 saturated heterocycles. The van der Waals surface area contributed by atoms with Crippen LogP contribution in [0.1, 0.15) is 0 Å². The maximum atomic E-state index is 11.1. The molecular weight excluding hydrogens is 370 g/mol. The van der Waals surface area contributed by atoms with E-state index in [1.54, 1.807) is 6.08 Å². The van der Waals surface area contributed by atoms with E-state index < -0.39 is 8.11 Å². The van der Waals surface area contributed by atoms with Crippen molar-refractivity contribution in [2.24, 2.45) is 0 Å². The number of carbonyl (C=O) groups excluding carboxylic acids is 1. The summed E-state index contributed by atoms with van der Waals surface area (Å²) in [6.07, 6.45) is 1.74. The number of hydrogen-bond donors (Lipinski definition) is 1. The predicted octanol–water partition coefficient (Wildman–Crippen LogP) is 2.14. The average molecular weight is 380 g/mol. The molecule has 0 heterocycles. The van der Waals surface area contributed by atoms with Crippen LogP contribution in [0, 0.1) is 0 Å². The summed E-state index contributed by atoms with van der Waals surface area (Å²) in [7, 11) is 0. The summed E-state index contributed by atoms with van der Waals surface area (Å²) in [5, 5.41) is 3.00. The molecule has 0 aliphatic rings. The lowest BCUT2D eigenvalue weighted by Crippen LogP contribution is -2.26. The van der Waals surface area contributed by atoms with Gasteiger partial charge in [0.2, 0.25) is 2.14 Å². The summed E-state index contributed by atoms with van der Waals surface area (Å²) in [5.74, 6) is -0.409. The van der Waals surface area contributed by atoms with Crippen molar-refractivity contribution in [3.63, 3.8) is 0 Å². The van der Waals surface area contributed by atoms with Crippen LogP contribution in [0.25, 0.3) is 0 Å². The van der Waals surface area contributed by atoms with Crippen LogP contribution < -0.4 is 5.32 Å². The molecule has 0 atom stereocenters. The van der Waals surface area contributed by atoms with Crippen molar-refractivity contribution < 1.29 is 9.53 Å². The van der Waals surface area contributed by atoms with Crippen LogP contribution in [0.5, 0.6) is 0 Å². The Kier molecular flexibility index (Phi) is 7.30. The fourth-order valence-electron chi connectivity index (χ4n) is 0.502. The Morgan fingerprint density at radius 3 is 2.62 bits per heavy atom. The van der Waals surface area contributed by atoms with E-state index in [2.05, 4.69) is 59.7 Å². The van der Waals surface area contributed by atoms with E-state index in [-0.39, 0.29) is 0 Å². The monoisotopic (exact) mass is 377 g/mol. The number of esters is 1. The van der Waals surface area contributed by atoms with Gasteiger partial charge < -0.3 is 10.1 Å². The lowest BCUT2D eigenvalue weighted by atomic mass is 10.6. The fraction of sp³-hybridized carbons (Fsp3) is 0.571. The summed E-state index contributed by atoms with van der Waals surface area (Å²) in [6.45, 7) is 5.19. The molecule has 0 aromatic rings. The van der Waals surface area contributed by atoms with Crippen molar-refractivity contribution in [2.45, 2.75) is 2.14 Å². The van der Waals surface area contributed by atoms with Crippen LogP contribution in [0.3, 0.4) is 0 Å². The average Bonchev–Trinajstić information content (AvgIpc) is 2.02. The quantitative estimate of drug-likeness (QED) is 0.344. The van der Waals surface area contributed by atoms with Crippen LogP contribution in [-0.2, 0) is 9.53 Å². The first-order chi connectivity index (χ1) is 5.98. The summed E-state index contributed by atoms with van der Waals surface area (Å²) in [5.41, 5.74) is 0. The van der Waals surface area contributed by atoms with Gasteiger partial charge in [0, 0.05) is 13.1 Å². The molecule has 6 heteroatoms. The summed E-state index contributed by atoms with van der Waals surface area (Å²) in [6, 6.07) is 0. The molecule has 0 saturated carbocycles. The highest BCUT2D eigenvalue weighted by atomic mass is 80.0. The van der Waals surface area contributed by atoms with Gasteiger partial charge >= 0.3 is 5.97 Å². The zero-order valence-corrected chi connectivity index (χ0v) is 11.6. The minimum Gasteiger partial charge on any atom is -0.462 e. The van der Waals surface area contributed by atoms with E-state index in [4.69, 9.17) is 4.74 Å². The van der Waals surface area contributed by atoms with Gasteiger partial charge in [-0.25, -0.2) is 4.79 Å². The van der Waals surface area contributed by atoms with Gasteiger partial charge in [-0.1, -0.05) is 6.08 Å². The Balaban J connectivity index is 3.43. The van der Waals surface area contributed by atoms with E-state index >= 15 is 0 Å². The molecule has 0 spiro atoms. The molecule has 3 nitrogen and oxygen atoms in total. The Labute approximate surface area is 103 Å². The third-order valence-electron chi connectivity index (χ3n) is 1.03. The van der Waals surface area contributed by atoms with Crippen molar-refractivity contribution in [3.8, 4) is 0 Å². The van der Waals surface area contributed by atoms with Gasteiger partial charge in [0.25, 0.3) is 0 Å². The Morgan fingerprint density at radius 2 is 2.15 bits per heavy atom. The van der Waals surface area contributed by atoms with Crippen LogP contribution in [-0.4, -0.2) is 27.8 Å². The molecule has 0 rings (SSSR count). The van der Waals surface area contributed by atoms with Gasteiger partial charge in [0.1, 0.15) is 6.61 Å². The van der Waals surface area contributed by atoms with E-state index in [0.29, 0.717) is 19.7 Å². The third-order valence-corrected chi connectivity index (χ3v) is 2.00. The standard InChI is InChI=1S/C7H10Br3NO2/c1-2-3-11-4-5-13-6(12)7(8,9)10/h2,11H,1,3-5H2. The molecular formula is C7H10Br3NO2. The Bertz CT molecular complexity index is 179. The van der Waals surface area contributed by atoms with Crippen molar-refractivity contribution in [2.75, 3.05) is 19.7 Å². The number of ether oxygens (including phenoxy) is 1. The SMILES string of the molecule is C=CCNCCOC(=O)C(Br)(Br)Br. The van der Waals surface area contributed by atoms with Gasteiger partial charge in [-0.3, -0.25) is 0 Å². The summed E-state index contributed by atoms with van der Waals surface area (Å²) < 4.78 is 3.91. The number of carbonyl (C=O) groups is 1. The van der Waals surface area contributed by atoms with Gasteiger partial charge in [0.05, 0.1) is 0 Å². The smallest absolute Gasteiger partial charge is 0.344 e. The molecule has 0 aromatic carbocycles. The lowest BCUT2D eigenvalue weighted by molar-refractivity contribution is -0.141. The normalized spacial score (nSPS) is 11.0. The van der Waals surface area contributed by atoms with E-state index in [0.717, 1.165) is 0 Å². The molecule has 0 bridgehead atoms. The van der Waals surface area contributed by atoms with Crippen LogP contribution in [0.15, 0.2) is 12.7 Å². The fourth-order valence-corrected chi connectivity index (χ4v) is 0.845. The highest BCUT2D eigenvalue weighted by molar-refractivity contribution is 9.40. The number of alkyl halides is 3. The molecule has 0 aliphatic heterocycles. The molecule has 0 aromatic heterocycles. The maximum Gasteiger partial charge on any atom is 0.344 e. The van der Waals surface area contributed by atoms with Crippen molar-refractivity contribution in [3.05, 3.63) is 12.7 Å². The molecule has 0 amide bonds. The van der Waals surface area contributed by atoms with Crippen molar-refractivity contribution >= 4 is 53.8 Å². The molecule has 76 valence electrons. The Morgan fingerprint density at radius 1 is 1.54 bits per heavy atom. The zero-order chi connectivity index (χ0) is 10.3. The molecule has 0 aliphatic carbocycles. The van der Waals surface area contributed by atoms with Crippen molar-refractivity contribution in [1.82, 2.24) is 5.32 Å². The third kappa shape index (κ3) is 7.66. The molecule has 13 heavy (non-hydrogen) atoms.